The molecule has 0 unspecified atom stereocenters. The molecule has 38 heavy (non-hydrogen) atoms. The number of nitrogens with zero attached hydrogens (tertiary/aromatic N) is 5. The molecule has 0 spiro atoms. The van der Waals surface area contributed by atoms with Crippen molar-refractivity contribution >= 4 is 27.5 Å². The molecule has 3 aromatic rings. The van der Waals surface area contributed by atoms with Crippen molar-refractivity contribution in [1.29, 1.82) is 5.26 Å². The fourth-order valence-corrected chi connectivity index (χ4v) is 7.35. The molecule has 8 nitrogen and oxygen atoms in total. The lowest BCUT2D eigenvalue weighted by molar-refractivity contribution is -0.126. The van der Waals surface area contributed by atoms with E-state index in [1.807, 2.05) is 59.6 Å². The van der Waals surface area contributed by atoms with E-state index in [1.165, 1.54) is 0 Å². The number of carbonyl (C=O) groups is 1. The third-order valence-corrected chi connectivity index (χ3v) is 9.72. The van der Waals surface area contributed by atoms with Crippen LogP contribution in [0, 0.1) is 29.2 Å². The van der Waals surface area contributed by atoms with Gasteiger partial charge in [0.1, 0.15) is 5.69 Å². The average Bonchev–Trinajstić information content (AvgIpc) is 3.52. The lowest BCUT2D eigenvalue weighted by atomic mass is 9.61. The highest BCUT2D eigenvalue weighted by Gasteiger charge is 2.57. The number of piperidine rings is 1. The molecule has 9 heteroatoms. The van der Waals surface area contributed by atoms with Crippen LogP contribution >= 0.6 is 15.9 Å². The van der Waals surface area contributed by atoms with Crippen LogP contribution in [-0.2, 0) is 16.8 Å². The van der Waals surface area contributed by atoms with Gasteiger partial charge in [-0.2, -0.15) is 5.26 Å². The second-order valence-electron chi connectivity index (χ2n) is 11.0. The molecule has 0 radical (unpaired) electrons. The number of amides is 1. The Morgan fingerprint density at radius 3 is 2.79 bits per heavy atom. The monoisotopic (exact) mass is 574 g/mol. The van der Waals surface area contributed by atoms with Crippen molar-refractivity contribution in [1.82, 2.24) is 19.9 Å². The fourth-order valence-electron chi connectivity index (χ4n) is 7.09. The third-order valence-electron chi connectivity index (χ3n) is 9.20. The molecule has 2 fully saturated rings. The minimum Gasteiger partial charge on any atom is -0.393 e. The maximum absolute atomic E-state index is 14.0. The number of aromatic nitrogens is 3. The Balaban J connectivity index is 1.35. The molecule has 2 aromatic carbocycles. The van der Waals surface area contributed by atoms with E-state index in [4.69, 9.17) is 0 Å². The third kappa shape index (κ3) is 4.11. The predicted octanol–water partition coefficient (Wildman–Crippen LogP) is 4.57. The molecule has 196 valence electrons. The van der Waals surface area contributed by atoms with Gasteiger partial charge in [0.05, 0.1) is 23.8 Å². The Hall–Kier alpha value is -3.22. The first-order chi connectivity index (χ1) is 18.4. The molecular weight excluding hydrogens is 544 g/mol. The molecule has 3 heterocycles. The number of hydrogen-bond donors (Lipinski definition) is 2. The standard InChI is InChI=1S/C29H31BrN6O2/c1-18-22-14-27(35(17-31)15-20(22)8-11-26(18)37)29(23-4-2-3-5-24(23)32-28(29)38)12-13-36-16-25(33-34-36)19-6-9-21(30)10-7-19/h2-7,9-10,16,18,20,22,26-27,37H,8,11-15H2,1H3,(H,32,38)/t18-,20+,22-,26+,27+,29+/m1/s1. The summed E-state index contributed by atoms with van der Waals surface area (Å²) in [4.78, 5) is 15.8. The quantitative estimate of drug-likeness (QED) is 0.432. The van der Waals surface area contributed by atoms with Crippen LogP contribution in [0.3, 0.4) is 0 Å². The number of likely N-dealkylation sites (tertiary alicyclic amines) is 1. The van der Waals surface area contributed by atoms with Crippen LogP contribution in [0.2, 0.25) is 0 Å². The number of aliphatic hydroxyl groups excluding tert-OH is 1. The molecule has 1 saturated carbocycles. The average molecular weight is 576 g/mol. The zero-order valence-electron chi connectivity index (χ0n) is 21.3. The maximum atomic E-state index is 14.0. The highest BCUT2D eigenvalue weighted by atomic mass is 79.9. The minimum atomic E-state index is -0.914. The number of aryl methyl sites for hydroxylation is 1. The normalized spacial score (nSPS) is 30.3. The van der Waals surface area contributed by atoms with Crippen LogP contribution < -0.4 is 5.32 Å². The van der Waals surface area contributed by atoms with Crippen molar-refractivity contribution in [3.63, 3.8) is 0 Å². The van der Waals surface area contributed by atoms with Gasteiger partial charge in [-0.1, -0.05) is 58.4 Å². The van der Waals surface area contributed by atoms with Gasteiger partial charge in [-0.3, -0.25) is 9.48 Å². The highest BCUT2D eigenvalue weighted by molar-refractivity contribution is 9.10. The number of rotatable bonds is 5. The largest absolute Gasteiger partial charge is 0.393 e. The maximum Gasteiger partial charge on any atom is 0.237 e. The summed E-state index contributed by atoms with van der Waals surface area (Å²) in [5.74, 6) is 0.684. The highest BCUT2D eigenvalue weighted by Crippen LogP contribution is 2.51. The molecule has 3 aliphatic rings. The Kier molecular flexibility index (Phi) is 6.48. The fraction of sp³-hybridized carbons (Fsp3) is 0.448. The van der Waals surface area contributed by atoms with Crippen molar-refractivity contribution < 1.29 is 9.90 Å². The van der Waals surface area contributed by atoms with Crippen LogP contribution in [0.25, 0.3) is 11.3 Å². The first-order valence-electron chi connectivity index (χ1n) is 13.3. The Morgan fingerprint density at radius 1 is 1.21 bits per heavy atom. The van der Waals surface area contributed by atoms with E-state index in [0.717, 1.165) is 39.8 Å². The summed E-state index contributed by atoms with van der Waals surface area (Å²) in [6.07, 6.45) is 6.88. The van der Waals surface area contributed by atoms with Crippen LogP contribution in [0.5, 0.6) is 0 Å². The van der Waals surface area contributed by atoms with E-state index in [9.17, 15) is 15.2 Å². The Bertz CT molecular complexity index is 1380. The molecule has 1 aliphatic carbocycles. The number of benzene rings is 2. The number of hydrogen-bond acceptors (Lipinski definition) is 6. The van der Waals surface area contributed by atoms with Crippen LogP contribution in [0.15, 0.2) is 59.2 Å². The number of para-hydroxylation sites is 1. The Morgan fingerprint density at radius 2 is 2.00 bits per heavy atom. The van der Waals surface area contributed by atoms with Gasteiger partial charge in [0.2, 0.25) is 5.91 Å². The number of halogens is 1. The summed E-state index contributed by atoms with van der Waals surface area (Å²) in [5, 5.41) is 32.8. The summed E-state index contributed by atoms with van der Waals surface area (Å²) in [5.41, 5.74) is 2.57. The molecule has 6 rings (SSSR count). The Labute approximate surface area is 230 Å². The first kappa shape index (κ1) is 25.1. The lowest BCUT2D eigenvalue weighted by Crippen LogP contribution is -2.60. The van der Waals surface area contributed by atoms with Crippen molar-refractivity contribution in [2.24, 2.45) is 17.8 Å². The molecule has 0 bridgehead atoms. The van der Waals surface area contributed by atoms with E-state index in [-0.39, 0.29) is 29.9 Å². The minimum absolute atomic E-state index is 0.0698. The van der Waals surface area contributed by atoms with Gasteiger partial charge in [-0.15, -0.1) is 5.10 Å². The topological polar surface area (TPSA) is 107 Å². The smallest absolute Gasteiger partial charge is 0.237 e. The summed E-state index contributed by atoms with van der Waals surface area (Å²) < 4.78 is 2.79. The summed E-state index contributed by atoms with van der Waals surface area (Å²) in [7, 11) is 0. The van der Waals surface area contributed by atoms with Gasteiger partial charge >= 0.3 is 0 Å². The van der Waals surface area contributed by atoms with E-state index in [0.29, 0.717) is 31.8 Å². The van der Waals surface area contributed by atoms with E-state index < -0.39 is 5.41 Å². The SMILES string of the molecule is C[C@@H]1[C@H]2C[C@@H]([C@@]3(CCn4cc(-c5ccc(Br)cc5)nn4)C(=O)Nc4ccccc43)N(C#N)C[C@@H]2CC[C@@H]1O. The number of nitriles is 1. The molecular formula is C29H31BrN6O2. The van der Waals surface area contributed by atoms with Gasteiger partial charge in [0.25, 0.3) is 0 Å². The number of aliphatic hydroxyl groups is 1. The molecule has 6 atom stereocenters. The molecule has 1 saturated heterocycles. The number of nitrogens with one attached hydrogen (secondary N) is 1. The van der Waals surface area contributed by atoms with E-state index in [1.54, 1.807) is 4.68 Å². The summed E-state index contributed by atoms with van der Waals surface area (Å²) in [6, 6.07) is 15.5. The lowest BCUT2D eigenvalue weighted by Gasteiger charge is -2.52. The van der Waals surface area contributed by atoms with E-state index in [2.05, 4.69) is 44.7 Å². The van der Waals surface area contributed by atoms with Crippen molar-refractivity contribution in [2.75, 3.05) is 11.9 Å². The molecule has 2 N–H and O–H groups in total. The number of fused-ring (bicyclic) bond motifs is 2. The van der Waals surface area contributed by atoms with E-state index >= 15 is 0 Å². The second-order valence-corrected chi connectivity index (χ2v) is 11.9. The molecule has 1 amide bonds. The predicted molar refractivity (Wildman–Crippen MR) is 147 cm³/mol. The van der Waals surface area contributed by atoms with Gasteiger partial charge in [0.15, 0.2) is 6.19 Å². The number of carbonyl (C=O) groups excluding carboxylic acids is 1. The van der Waals surface area contributed by atoms with Crippen LogP contribution in [0.4, 0.5) is 5.69 Å². The molecule has 1 aromatic heterocycles. The zero-order chi connectivity index (χ0) is 26.4. The summed E-state index contributed by atoms with van der Waals surface area (Å²) in [6.45, 7) is 3.22. The zero-order valence-corrected chi connectivity index (χ0v) is 22.9. The van der Waals surface area contributed by atoms with Gasteiger partial charge in [-0.25, -0.2) is 0 Å². The van der Waals surface area contributed by atoms with Gasteiger partial charge < -0.3 is 15.3 Å². The second kappa shape index (κ2) is 9.83. The first-order valence-corrected chi connectivity index (χ1v) is 14.1. The van der Waals surface area contributed by atoms with Crippen molar-refractivity contribution in [2.45, 2.75) is 56.7 Å². The summed E-state index contributed by atoms with van der Waals surface area (Å²) >= 11 is 3.47. The number of anilines is 1. The van der Waals surface area contributed by atoms with Crippen molar-refractivity contribution in [3.8, 4) is 17.5 Å². The van der Waals surface area contributed by atoms with Crippen LogP contribution in [0.1, 0.15) is 38.2 Å². The van der Waals surface area contributed by atoms with Crippen molar-refractivity contribution in [3.05, 3.63) is 64.8 Å². The van der Waals surface area contributed by atoms with Gasteiger partial charge in [-0.05, 0) is 67.2 Å². The molecule has 2 aliphatic heterocycles. The van der Waals surface area contributed by atoms with Crippen LogP contribution in [-0.4, -0.2) is 49.6 Å². The van der Waals surface area contributed by atoms with Gasteiger partial charge in [0, 0.05) is 28.8 Å².